The van der Waals surface area contributed by atoms with Gasteiger partial charge >= 0.3 is 0 Å². The van der Waals surface area contributed by atoms with Crippen molar-refractivity contribution in [1.29, 1.82) is 0 Å². The Morgan fingerprint density at radius 3 is 2.83 bits per heavy atom. The molecule has 0 aromatic carbocycles. The maximum atomic E-state index is 5.30. The average molecular weight is 167 g/mol. The van der Waals surface area contributed by atoms with Gasteiger partial charge < -0.3 is 10.1 Å². The van der Waals surface area contributed by atoms with Crippen molar-refractivity contribution in [3.8, 4) is 12.3 Å². The van der Waals surface area contributed by atoms with Gasteiger partial charge in [-0.2, -0.15) is 0 Å². The molecule has 0 bridgehead atoms. The molecule has 0 aromatic rings. The lowest BCUT2D eigenvalue weighted by molar-refractivity contribution is 0.178. The van der Waals surface area contributed by atoms with E-state index in [-0.39, 0.29) is 6.04 Å². The Labute approximate surface area is 74.7 Å². The summed E-state index contributed by atoms with van der Waals surface area (Å²) >= 11 is 0. The fraction of sp³-hybridized carbons (Fsp3) is 0.800. The second-order valence-corrected chi connectivity index (χ2v) is 3.47. The molecule has 0 spiro atoms. The maximum Gasteiger partial charge on any atom is 0.0660 e. The highest BCUT2D eigenvalue weighted by Gasteiger charge is 2.22. The zero-order valence-electron chi connectivity index (χ0n) is 7.84. The zero-order chi connectivity index (χ0) is 8.97. The average Bonchev–Trinajstić information content (AvgIpc) is 2.56. The van der Waals surface area contributed by atoms with E-state index in [1.807, 2.05) is 6.92 Å². The number of hydrogen-bond donors (Lipinski definition) is 1. The van der Waals surface area contributed by atoms with Crippen LogP contribution in [0.2, 0.25) is 0 Å². The molecule has 1 saturated heterocycles. The van der Waals surface area contributed by atoms with Crippen LogP contribution in [0.1, 0.15) is 20.3 Å². The van der Waals surface area contributed by atoms with E-state index in [2.05, 4.69) is 18.2 Å². The first-order valence-electron chi connectivity index (χ1n) is 4.54. The number of nitrogens with one attached hydrogen (secondary N) is 1. The Balaban J connectivity index is 2.27. The maximum absolute atomic E-state index is 5.30. The first-order chi connectivity index (χ1) is 5.74. The second-order valence-electron chi connectivity index (χ2n) is 3.47. The fourth-order valence-corrected chi connectivity index (χ4v) is 1.53. The first kappa shape index (κ1) is 9.57. The van der Waals surface area contributed by atoms with Crippen LogP contribution < -0.4 is 5.32 Å². The second kappa shape index (κ2) is 4.49. The molecule has 0 saturated carbocycles. The van der Waals surface area contributed by atoms with Gasteiger partial charge in [0.2, 0.25) is 0 Å². The Hall–Kier alpha value is -0.520. The summed E-state index contributed by atoms with van der Waals surface area (Å²) in [6.45, 7) is 5.96. The molecule has 1 fully saturated rings. The molecule has 0 amide bonds. The topological polar surface area (TPSA) is 21.3 Å². The minimum Gasteiger partial charge on any atom is -0.381 e. The van der Waals surface area contributed by atoms with Crippen LogP contribution in [0.3, 0.4) is 0 Å². The summed E-state index contributed by atoms with van der Waals surface area (Å²) in [6.07, 6.45) is 6.43. The van der Waals surface area contributed by atoms with Crippen molar-refractivity contribution in [3.05, 3.63) is 0 Å². The molecule has 1 heterocycles. The monoisotopic (exact) mass is 167 g/mol. The Kier molecular flexibility index (Phi) is 3.58. The predicted octanol–water partition coefficient (Wildman–Crippen LogP) is 1.02. The Morgan fingerprint density at radius 2 is 2.33 bits per heavy atom. The summed E-state index contributed by atoms with van der Waals surface area (Å²) in [5, 5.41) is 3.36. The molecule has 1 N–H and O–H groups in total. The highest BCUT2D eigenvalue weighted by atomic mass is 16.5. The third-order valence-corrected chi connectivity index (χ3v) is 2.43. The molecule has 2 nitrogen and oxygen atoms in total. The summed E-state index contributed by atoms with van der Waals surface area (Å²) in [6, 6.07) is 0.638. The Morgan fingerprint density at radius 1 is 1.58 bits per heavy atom. The number of ether oxygens (including phenoxy) is 1. The molecular weight excluding hydrogens is 150 g/mol. The lowest BCUT2D eigenvalue weighted by atomic mass is 10.0. The molecule has 0 aromatic heterocycles. The molecule has 3 atom stereocenters. The molecule has 0 radical (unpaired) electrons. The molecular formula is C10H17NO. The lowest BCUT2D eigenvalue weighted by Gasteiger charge is -2.21. The molecule has 1 rings (SSSR count). The SMILES string of the molecule is C#CC(C)NC(C)C1CCOC1. The van der Waals surface area contributed by atoms with E-state index in [9.17, 15) is 0 Å². The van der Waals surface area contributed by atoms with Crippen molar-refractivity contribution in [1.82, 2.24) is 5.32 Å². The fourth-order valence-electron chi connectivity index (χ4n) is 1.53. The van der Waals surface area contributed by atoms with E-state index in [1.165, 1.54) is 0 Å². The summed E-state index contributed by atoms with van der Waals surface area (Å²) in [4.78, 5) is 0. The van der Waals surface area contributed by atoms with Crippen molar-refractivity contribution in [3.63, 3.8) is 0 Å². The Bertz CT molecular complexity index is 167. The van der Waals surface area contributed by atoms with Gasteiger partial charge in [-0.15, -0.1) is 6.42 Å². The van der Waals surface area contributed by atoms with Gasteiger partial charge in [0.05, 0.1) is 12.6 Å². The first-order valence-corrected chi connectivity index (χ1v) is 4.54. The van der Waals surface area contributed by atoms with E-state index in [4.69, 9.17) is 11.2 Å². The van der Waals surface area contributed by atoms with Crippen molar-refractivity contribution in [2.24, 2.45) is 5.92 Å². The molecule has 1 aliphatic rings. The highest BCUT2D eigenvalue weighted by molar-refractivity contribution is 4.97. The van der Waals surface area contributed by atoms with Crippen molar-refractivity contribution in [2.75, 3.05) is 13.2 Å². The van der Waals surface area contributed by atoms with E-state index < -0.39 is 0 Å². The third-order valence-electron chi connectivity index (χ3n) is 2.43. The van der Waals surface area contributed by atoms with Crippen LogP contribution in [0, 0.1) is 18.3 Å². The summed E-state index contributed by atoms with van der Waals surface area (Å²) in [5.74, 6) is 3.31. The van der Waals surface area contributed by atoms with Gasteiger partial charge in [-0.1, -0.05) is 5.92 Å². The van der Waals surface area contributed by atoms with E-state index in [0.717, 1.165) is 19.6 Å². The van der Waals surface area contributed by atoms with E-state index >= 15 is 0 Å². The van der Waals surface area contributed by atoms with Gasteiger partial charge in [-0.3, -0.25) is 0 Å². The lowest BCUT2D eigenvalue weighted by Crippen LogP contribution is -2.39. The van der Waals surface area contributed by atoms with Gasteiger partial charge in [0.15, 0.2) is 0 Å². The predicted molar refractivity (Wildman–Crippen MR) is 49.8 cm³/mol. The van der Waals surface area contributed by atoms with Gasteiger partial charge in [-0.05, 0) is 26.2 Å². The van der Waals surface area contributed by atoms with Crippen LogP contribution in [0.25, 0.3) is 0 Å². The molecule has 68 valence electrons. The van der Waals surface area contributed by atoms with Crippen LogP contribution in [0.5, 0.6) is 0 Å². The van der Waals surface area contributed by atoms with E-state index in [1.54, 1.807) is 0 Å². The van der Waals surface area contributed by atoms with Gasteiger partial charge in [-0.25, -0.2) is 0 Å². The summed E-state index contributed by atoms with van der Waals surface area (Å²) < 4.78 is 5.30. The van der Waals surface area contributed by atoms with Gasteiger partial charge in [0.1, 0.15) is 0 Å². The molecule has 2 heteroatoms. The smallest absolute Gasteiger partial charge is 0.0660 e. The van der Waals surface area contributed by atoms with Gasteiger partial charge in [0.25, 0.3) is 0 Å². The number of rotatable bonds is 3. The third kappa shape index (κ3) is 2.51. The van der Waals surface area contributed by atoms with Crippen LogP contribution in [-0.2, 0) is 4.74 Å². The summed E-state index contributed by atoms with van der Waals surface area (Å²) in [5.41, 5.74) is 0. The summed E-state index contributed by atoms with van der Waals surface area (Å²) in [7, 11) is 0. The minimum absolute atomic E-state index is 0.167. The molecule has 12 heavy (non-hydrogen) atoms. The number of hydrogen-bond acceptors (Lipinski definition) is 2. The van der Waals surface area contributed by atoms with Crippen molar-refractivity contribution in [2.45, 2.75) is 32.4 Å². The quantitative estimate of drug-likeness (QED) is 0.634. The largest absolute Gasteiger partial charge is 0.381 e. The van der Waals surface area contributed by atoms with E-state index in [0.29, 0.717) is 12.0 Å². The number of terminal acetylenes is 1. The van der Waals surface area contributed by atoms with Crippen molar-refractivity contribution < 1.29 is 4.74 Å². The normalized spacial score (nSPS) is 27.9. The van der Waals surface area contributed by atoms with Crippen molar-refractivity contribution >= 4 is 0 Å². The molecule has 3 unspecified atom stereocenters. The van der Waals surface area contributed by atoms with Crippen LogP contribution in [0.4, 0.5) is 0 Å². The minimum atomic E-state index is 0.167. The standard InChI is InChI=1S/C10H17NO/c1-4-8(2)11-9(3)10-5-6-12-7-10/h1,8-11H,5-7H2,2-3H3. The van der Waals surface area contributed by atoms with Crippen LogP contribution in [0.15, 0.2) is 0 Å². The zero-order valence-corrected chi connectivity index (χ0v) is 7.84. The highest BCUT2D eigenvalue weighted by Crippen LogP contribution is 2.16. The molecule has 1 aliphatic heterocycles. The van der Waals surface area contributed by atoms with Crippen LogP contribution >= 0.6 is 0 Å². The molecule has 0 aliphatic carbocycles. The van der Waals surface area contributed by atoms with Gasteiger partial charge in [0, 0.05) is 12.6 Å². The van der Waals surface area contributed by atoms with Crippen LogP contribution in [-0.4, -0.2) is 25.3 Å².